The fraction of sp³-hybridized carbons (Fsp3) is 0.800. The van der Waals surface area contributed by atoms with Crippen LogP contribution >= 0.6 is 0 Å². The van der Waals surface area contributed by atoms with E-state index in [4.69, 9.17) is 4.43 Å². The van der Waals surface area contributed by atoms with Gasteiger partial charge in [-0.3, -0.25) is 0 Å². The second-order valence-corrected chi connectivity index (χ2v) is 7.93. The van der Waals surface area contributed by atoms with Crippen molar-refractivity contribution in [2.45, 2.75) is 45.7 Å². The molecular weight excluding hydrogens is 164 g/mol. The average Bonchev–Trinajstić information content (AvgIpc) is 2.32. The van der Waals surface area contributed by atoms with Crippen LogP contribution in [0.1, 0.15) is 32.6 Å². The van der Waals surface area contributed by atoms with Gasteiger partial charge in [-0.05, 0) is 25.9 Å². The molecule has 0 bridgehead atoms. The van der Waals surface area contributed by atoms with Crippen LogP contribution in [0.4, 0.5) is 0 Å². The number of rotatable bonds is 3. The van der Waals surface area contributed by atoms with Crippen molar-refractivity contribution in [3.05, 3.63) is 11.3 Å². The first-order chi connectivity index (χ1) is 5.67. The van der Waals surface area contributed by atoms with E-state index in [2.05, 4.69) is 26.1 Å². The molecule has 0 aliphatic carbocycles. The molecule has 0 N–H and O–H groups in total. The monoisotopic (exact) mass is 184 g/mol. The summed E-state index contributed by atoms with van der Waals surface area (Å²) in [6.07, 6.45) is 7.51. The van der Waals surface area contributed by atoms with Gasteiger partial charge in [0.25, 0.3) is 0 Å². The third-order valence-corrected chi connectivity index (χ3v) is 5.48. The van der Waals surface area contributed by atoms with Crippen LogP contribution in [0, 0.1) is 0 Å². The van der Waals surface area contributed by atoms with Crippen LogP contribution < -0.4 is 0 Å². The van der Waals surface area contributed by atoms with Crippen molar-refractivity contribution in [2.75, 3.05) is 6.61 Å². The van der Waals surface area contributed by atoms with E-state index >= 15 is 0 Å². The Balaban J connectivity index is 2.44. The van der Waals surface area contributed by atoms with Crippen molar-refractivity contribution >= 4 is 8.32 Å². The lowest BCUT2D eigenvalue weighted by Gasteiger charge is -2.15. The van der Waals surface area contributed by atoms with Crippen molar-refractivity contribution in [1.29, 1.82) is 0 Å². The Hall–Kier alpha value is -0.0831. The van der Waals surface area contributed by atoms with E-state index in [0.717, 1.165) is 6.61 Å². The quantitative estimate of drug-likeness (QED) is 0.483. The zero-order valence-corrected chi connectivity index (χ0v) is 9.52. The molecule has 1 fully saturated rings. The summed E-state index contributed by atoms with van der Waals surface area (Å²) in [5.41, 5.74) is 0. The summed E-state index contributed by atoms with van der Waals surface area (Å²) < 4.78 is 5.75. The normalized spacial score (nSPS) is 25.1. The minimum atomic E-state index is -1.36. The number of hydrogen-bond donors (Lipinski definition) is 0. The minimum absolute atomic E-state index is 0.969. The summed E-state index contributed by atoms with van der Waals surface area (Å²) in [7, 11) is -1.36. The molecule has 2 heteroatoms. The van der Waals surface area contributed by atoms with E-state index in [1.165, 1.54) is 25.7 Å². The summed E-state index contributed by atoms with van der Waals surface area (Å²) in [5.74, 6) is 0. The number of unbranched alkanes of at least 4 members (excludes halogenated alkanes) is 2. The zero-order chi connectivity index (χ0) is 9.03. The highest BCUT2D eigenvalue weighted by molar-refractivity contribution is 6.79. The summed E-state index contributed by atoms with van der Waals surface area (Å²) in [6, 6.07) is 0. The van der Waals surface area contributed by atoms with E-state index < -0.39 is 8.32 Å². The third kappa shape index (κ3) is 2.46. The van der Waals surface area contributed by atoms with Gasteiger partial charge in [0.2, 0.25) is 8.32 Å². The van der Waals surface area contributed by atoms with Crippen LogP contribution in [-0.2, 0) is 4.43 Å². The Labute approximate surface area is 76.9 Å². The molecule has 1 heterocycles. The number of allylic oxidation sites excluding steroid dienone is 1. The SMILES string of the molecule is CCCC/C=C1\CCO[Si]1(C)C. The second kappa shape index (κ2) is 4.24. The maximum Gasteiger partial charge on any atom is 0.213 e. The first kappa shape index (κ1) is 10.0. The third-order valence-electron chi connectivity index (χ3n) is 2.56. The Morgan fingerprint density at radius 3 is 2.75 bits per heavy atom. The van der Waals surface area contributed by atoms with Gasteiger partial charge in [0, 0.05) is 6.61 Å². The predicted octanol–water partition coefficient (Wildman–Crippen LogP) is 3.27. The van der Waals surface area contributed by atoms with E-state index in [9.17, 15) is 0 Å². The lowest BCUT2D eigenvalue weighted by molar-refractivity contribution is 0.350. The Morgan fingerprint density at radius 2 is 2.25 bits per heavy atom. The highest BCUT2D eigenvalue weighted by atomic mass is 28.4. The maximum absolute atomic E-state index is 5.75. The molecule has 0 aromatic rings. The Bertz CT molecular complexity index is 173. The van der Waals surface area contributed by atoms with Crippen molar-refractivity contribution in [3.63, 3.8) is 0 Å². The van der Waals surface area contributed by atoms with Gasteiger partial charge >= 0.3 is 0 Å². The summed E-state index contributed by atoms with van der Waals surface area (Å²) >= 11 is 0. The van der Waals surface area contributed by atoms with Crippen LogP contribution in [-0.4, -0.2) is 14.9 Å². The molecule has 1 aliphatic heterocycles. The first-order valence-electron chi connectivity index (χ1n) is 5.00. The predicted molar refractivity (Wildman–Crippen MR) is 55.7 cm³/mol. The molecule has 0 saturated carbocycles. The van der Waals surface area contributed by atoms with Crippen molar-refractivity contribution in [1.82, 2.24) is 0 Å². The molecule has 1 nitrogen and oxygen atoms in total. The molecule has 0 unspecified atom stereocenters. The van der Waals surface area contributed by atoms with E-state index in [1.54, 1.807) is 5.20 Å². The van der Waals surface area contributed by atoms with Gasteiger partial charge in [0.1, 0.15) is 0 Å². The Morgan fingerprint density at radius 1 is 1.50 bits per heavy atom. The maximum atomic E-state index is 5.75. The van der Waals surface area contributed by atoms with Gasteiger partial charge in [-0.25, -0.2) is 0 Å². The average molecular weight is 184 g/mol. The molecule has 0 aromatic carbocycles. The van der Waals surface area contributed by atoms with E-state index in [-0.39, 0.29) is 0 Å². The van der Waals surface area contributed by atoms with Gasteiger partial charge in [0.15, 0.2) is 0 Å². The molecule has 0 spiro atoms. The van der Waals surface area contributed by atoms with Crippen LogP contribution in [0.2, 0.25) is 13.1 Å². The lowest BCUT2D eigenvalue weighted by Crippen LogP contribution is -2.26. The van der Waals surface area contributed by atoms with Gasteiger partial charge < -0.3 is 4.43 Å². The van der Waals surface area contributed by atoms with Gasteiger partial charge in [-0.15, -0.1) is 0 Å². The summed E-state index contributed by atoms with van der Waals surface area (Å²) in [5, 5.41) is 1.64. The van der Waals surface area contributed by atoms with Gasteiger partial charge in [0.05, 0.1) is 0 Å². The van der Waals surface area contributed by atoms with E-state index in [1.807, 2.05) is 0 Å². The second-order valence-electron chi connectivity index (χ2n) is 3.98. The topological polar surface area (TPSA) is 9.23 Å². The van der Waals surface area contributed by atoms with Crippen LogP contribution in [0.25, 0.3) is 0 Å². The molecule has 1 saturated heterocycles. The van der Waals surface area contributed by atoms with Crippen LogP contribution in [0.5, 0.6) is 0 Å². The summed E-state index contributed by atoms with van der Waals surface area (Å²) in [6.45, 7) is 7.82. The molecule has 0 atom stereocenters. The molecule has 0 aromatic heterocycles. The molecule has 1 rings (SSSR count). The molecule has 1 aliphatic rings. The smallest absolute Gasteiger partial charge is 0.213 e. The lowest BCUT2D eigenvalue weighted by atomic mass is 10.2. The zero-order valence-electron chi connectivity index (χ0n) is 8.52. The highest BCUT2D eigenvalue weighted by Gasteiger charge is 2.32. The van der Waals surface area contributed by atoms with E-state index in [0.29, 0.717) is 0 Å². The standard InChI is InChI=1S/C10H20OSi/c1-4-5-6-7-10-8-9-11-12(10,2)3/h7H,4-6,8-9H2,1-3H3/b10-7+. The molecule has 70 valence electrons. The molecule has 12 heavy (non-hydrogen) atoms. The first-order valence-corrected chi connectivity index (χ1v) is 7.91. The van der Waals surface area contributed by atoms with Crippen molar-refractivity contribution in [2.24, 2.45) is 0 Å². The Kier molecular flexibility index (Phi) is 3.53. The molecule has 0 amide bonds. The van der Waals surface area contributed by atoms with Gasteiger partial charge in [-0.2, -0.15) is 0 Å². The van der Waals surface area contributed by atoms with Crippen LogP contribution in [0.3, 0.4) is 0 Å². The van der Waals surface area contributed by atoms with Gasteiger partial charge in [-0.1, -0.05) is 31.0 Å². The van der Waals surface area contributed by atoms with Crippen LogP contribution in [0.15, 0.2) is 11.3 Å². The number of hydrogen-bond acceptors (Lipinski definition) is 1. The summed E-state index contributed by atoms with van der Waals surface area (Å²) in [4.78, 5) is 0. The molecule has 0 radical (unpaired) electrons. The van der Waals surface area contributed by atoms with Crippen molar-refractivity contribution in [3.8, 4) is 0 Å². The van der Waals surface area contributed by atoms with Crippen molar-refractivity contribution < 1.29 is 4.43 Å². The fourth-order valence-electron chi connectivity index (χ4n) is 1.64. The fourth-order valence-corrected chi connectivity index (χ4v) is 3.78. The largest absolute Gasteiger partial charge is 0.413 e. The minimum Gasteiger partial charge on any atom is -0.413 e. The molecular formula is C10H20OSi. The highest BCUT2D eigenvalue weighted by Crippen LogP contribution is 2.27.